The molecule has 0 saturated heterocycles. The number of hydrogen-bond acceptors (Lipinski definition) is 3. The van der Waals surface area contributed by atoms with Gasteiger partial charge in [-0.25, -0.2) is 0 Å². The summed E-state index contributed by atoms with van der Waals surface area (Å²) in [6, 6.07) is 11.5. The van der Waals surface area contributed by atoms with Gasteiger partial charge in [0, 0.05) is 6.42 Å². The van der Waals surface area contributed by atoms with E-state index >= 15 is 0 Å². The monoisotopic (exact) mass is 362 g/mol. The van der Waals surface area contributed by atoms with E-state index in [1.54, 1.807) is 7.11 Å². The first-order valence-electron chi connectivity index (χ1n) is 9.45. The zero-order chi connectivity index (χ0) is 18.5. The van der Waals surface area contributed by atoms with Gasteiger partial charge in [0.25, 0.3) is 0 Å². The average Bonchev–Trinajstić information content (AvgIpc) is 2.66. The number of benzene rings is 1. The van der Waals surface area contributed by atoms with Crippen LogP contribution >= 0.6 is 0 Å². The van der Waals surface area contributed by atoms with Gasteiger partial charge in [0.2, 0.25) is 0 Å². The Balaban J connectivity index is 2.58. The Hall–Kier alpha value is -1.28. The molecule has 0 aliphatic heterocycles. The summed E-state index contributed by atoms with van der Waals surface area (Å²) in [6.07, 6.45) is 8.32. The van der Waals surface area contributed by atoms with Gasteiger partial charge in [-0.2, -0.15) is 0 Å². The minimum absolute atomic E-state index is 0.151. The Kier molecular flexibility index (Phi) is 10.6. The maximum absolute atomic E-state index is 6.63. The van der Waals surface area contributed by atoms with Crippen molar-refractivity contribution in [1.29, 1.82) is 0 Å². The highest BCUT2D eigenvalue weighted by Crippen LogP contribution is 2.25. The smallest absolute Gasteiger partial charge is 0.192 e. The minimum atomic E-state index is -1.63. The van der Waals surface area contributed by atoms with Crippen LogP contribution in [0.2, 0.25) is 18.1 Å². The third-order valence-electron chi connectivity index (χ3n) is 4.93. The number of terminal acetylenes is 1. The first kappa shape index (κ1) is 21.8. The van der Waals surface area contributed by atoms with Crippen LogP contribution in [0.15, 0.2) is 24.3 Å². The predicted molar refractivity (Wildman–Crippen MR) is 107 cm³/mol. The molecular weight excluding hydrogens is 328 g/mol. The molecule has 1 aromatic carbocycles. The molecule has 0 aliphatic carbocycles. The van der Waals surface area contributed by atoms with E-state index in [0.29, 0.717) is 13.2 Å². The molecule has 1 aromatic rings. The predicted octanol–water partition coefficient (Wildman–Crippen LogP) is 5.41. The Morgan fingerprint density at radius 2 is 1.72 bits per heavy atom. The van der Waals surface area contributed by atoms with Crippen LogP contribution in [0.1, 0.15) is 45.6 Å². The van der Waals surface area contributed by atoms with Gasteiger partial charge < -0.3 is 13.9 Å². The normalized spacial score (nSPS) is 12.6. The fraction of sp³-hybridized carbons (Fsp3) is 0.619. The minimum Gasteiger partial charge on any atom is -0.497 e. The van der Waals surface area contributed by atoms with Crippen molar-refractivity contribution in [2.45, 2.75) is 70.9 Å². The van der Waals surface area contributed by atoms with E-state index in [1.165, 1.54) is 0 Å². The second-order valence-electron chi connectivity index (χ2n) is 6.44. The molecule has 0 radical (unpaired) electrons. The SMILES string of the molecule is C#CCCC[C@@H](COCc1ccc(OC)cc1)O[Si](CC)(CC)CC. The summed E-state index contributed by atoms with van der Waals surface area (Å²) < 4.78 is 17.8. The number of methoxy groups -OCH3 is 1. The lowest BCUT2D eigenvalue weighted by atomic mass is 10.1. The fourth-order valence-corrected chi connectivity index (χ4v) is 5.88. The van der Waals surface area contributed by atoms with E-state index in [4.69, 9.17) is 20.3 Å². The molecule has 4 heteroatoms. The first-order chi connectivity index (χ1) is 12.1. The molecule has 0 unspecified atom stereocenters. The largest absolute Gasteiger partial charge is 0.497 e. The van der Waals surface area contributed by atoms with Crippen molar-refractivity contribution >= 4 is 8.32 Å². The van der Waals surface area contributed by atoms with Crippen molar-refractivity contribution in [3.63, 3.8) is 0 Å². The van der Waals surface area contributed by atoms with Crippen LogP contribution in [0.25, 0.3) is 0 Å². The highest BCUT2D eigenvalue weighted by atomic mass is 28.4. The summed E-state index contributed by atoms with van der Waals surface area (Å²) in [5.41, 5.74) is 1.15. The lowest BCUT2D eigenvalue weighted by Crippen LogP contribution is -2.41. The molecule has 1 atom stereocenters. The van der Waals surface area contributed by atoms with Gasteiger partial charge in [-0.15, -0.1) is 12.3 Å². The molecule has 0 amide bonds. The molecule has 0 aliphatic rings. The Morgan fingerprint density at radius 3 is 2.24 bits per heavy atom. The summed E-state index contributed by atoms with van der Waals surface area (Å²) in [5, 5.41) is 0. The van der Waals surface area contributed by atoms with E-state index in [2.05, 4.69) is 26.7 Å². The zero-order valence-corrected chi connectivity index (χ0v) is 17.3. The summed E-state index contributed by atoms with van der Waals surface area (Å²) in [5.74, 6) is 3.59. The number of ether oxygens (including phenoxy) is 2. The van der Waals surface area contributed by atoms with Gasteiger partial charge in [0.05, 0.1) is 26.4 Å². The van der Waals surface area contributed by atoms with Crippen LogP contribution in [0, 0.1) is 12.3 Å². The van der Waals surface area contributed by atoms with Gasteiger partial charge in [0.15, 0.2) is 8.32 Å². The van der Waals surface area contributed by atoms with Crippen molar-refractivity contribution in [2.24, 2.45) is 0 Å². The van der Waals surface area contributed by atoms with E-state index in [-0.39, 0.29) is 6.10 Å². The van der Waals surface area contributed by atoms with Crippen molar-refractivity contribution in [3.8, 4) is 18.1 Å². The van der Waals surface area contributed by atoms with Crippen molar-refractivity contribution in [2.75, 3.05) is 13.7 Å². The van der Waals surface area contributed by atoms with E-state index in [1.807, 2.05) is 24.3 Å². The van der Waals surface area contributed by atoms with Crippen LogP contribution < -0.4 is 4.74 Å². The number of rotatable bonds is 13. The molecule has 0 aromatic heterocycles. The maximum Gasteiger partial charge on any atom is 0.192 e. The van der Waals surface area contributed by atoms with Crippen LogP contribution in [0.5, 0.6) is 5.75 Å². The zero-order valence-electron chi connectivity index (χ0n) is 16.3. The fourth-order valence-electron chi connectivity index (χ4n) is 2.99. The van der Waals surface area contributed by atoms with Crippen LogP contribution in [-0.4, -0.2) is 28.1 Å². The molecular formula is C21H34O3Si. The van der Waals surface area contributed by atoms with E-state index < -0.39 is 8.32 Å². The van der Waals surface area contributed by atoms with Gasteiger partial charge in [0.1, 0.15) is 5.75 Å². The molecule has 0 heterocycles. The molecule has 3 nitrogen and oxygen atoms in total. The molecule has 0 spiro atoms. The second-order valence-corrected chi connectivity index (χ2v) is 11.2. The Bertz CT molecular complexity index is 495. The molecule has 140 valence electrons. The topological polar surface area (TPSA) is 27.7 Å². The average molecular weight is 363 g/mol. The lowest BCUT2D eigenvalue weighted by molar-refractivity contribution is 0.0310. The Labute approximate surface area is 155 Å². The van der Waals surface area contributed by atoms with E-state index in [9.17, 15) is 0 Å². The van der Waals surface area contributed by atoms with E-state index in [0.717, 1.165) is 48.7 Å². The molecule has 0 N–H and O–H groups in total. The second kappa shape index (κ2) is 12.1. The van der Waals surface area contributed by atoms with Crippen molar-refractivity contribution in [3.05, 3.63) is 29.8 Å². The van der Waals surface area contributed by atoms with Gasteiger partial charge in [-0.05, 0) is 48.7 Å². The summed E-state index contributed by atoms with van der Waals surface area (Å²) in [7, 11) is 0.0450. The number of unbranched alkanes of at least 4 members (excludes halogenated alkanes) is 1. The highest BCUT2D eigenvalue weighted by Gasteiger charge is 2.31. The molecule has 1 rings (SSSR count). The Morgan fingerprint density at radius 1 is 1.08 bits per heavy atom. The van der Waals surface area contributed by atoms with Crippen molar-refractivity contribution in [1.82, 2.24) is 0 Å². The van der Waals surface area contributed by atoms with Crippen LogP contribution in [0.4, 0.5) is 0 Å². The first-order valence-corrected chi connectivity index (χ1v) is 12.0. The van der Waals surface area contributed by atoms with Gasteiger partial charge >= 0.3 is 0 Å². The third kappa shape index (κ3) is 7.64. The lowest BCUT2D eigenvalue weighted by Gasteiger charge is -2.33. The van der Waals surface area contributed by atoms with Gasteiger partial charge in [-0.1, -0.05) is 32.9 Å². The summed E-state index contributed by atoms with van der Waals surface area (Å²) >= 11 is 0. The summed E-state index contributed by atoms with van der Waals surface area (Å²) in [6.45, 7) is 8.01. The molecule has 0 saturated carbocycles. The highest BCUT2D eigenvalue weighted by molar-refractivity contribution is 6.73. The number of hydrogen-bond donors (Lipinski definition) is 0. The molecule has 0 fully saturated rings. The van der Waals surface area contributed by atoms with Gasteiger partial charge in [-0.3, -0.25) is 0 Å². The third-order valence-corrected chi connectivity index (χ3v) is 9.63. The van der Waals surface area contributed by atoms with Crippen LogP contribution in [0.3, 0.4) is 0 Å². The quantitative estimate of drug-likeness (QED) is 0.267. The molecule has 0 bridgehead atoms. The standard InChI is InChI=1S/C21H34O3Si/c1-6-10-11-12-21(24-25(7-2,8-3)9-4)18-23-17-19-13-15-20(22-5)16-14-19/h1,13-16,21H,7-12,17-18H2,2-5H3/t21-/m0/s1. The summed E-state index contributed by atoms with van der Waals surface area (Å²) in [4.78, 5) is 0. The van der Waals surface area contributed by atoms with Crippen LogP contribution in [-0.2, 0) is 15.8 Å². The maximum atomic E-state index is 6.63. The molecule has 25 heavy (non-hydrogen) atoms. The van der Waals surface area contributed by atoms with Crippen molar-refractivity contribution < 1.29 is 13.9 Å².